The van der Waals surface area contributed by atoms with Gasteiger partial charge in [0.15, 0.2) is 0 Å². The van der Waals surface area contributed by atoms with E-state index >= 15 is 0 Å². The highest BCUT2D eigenvalue weighted by Gasteiger charge is 2.28. The van der Waals surface area contributed by atoms with Crippen LogP contribution in [0, 0.1) is 32.6 Å². The predicted octanol–water partition coefficient (Wildman–Crippen LogP) is 6.21. The van der Waals surface area contributed by atoms with Gasteiger partial charge in [-0.2, -0.15) is 0 Å². The SMILES string of the molecule is CCN(c1cc(CI)cc(C(=O)NCc2c(C)cc(C)[nH]c2=O)c1C)C1CCC(C(C)C)CC1. The second-order valence-corrected chi connectivity index (χ2v) is 10.9. The molecule has 3 rings (SSSR count). The minimum atomic E-state index is -0.134. The number of carbonyl (C=O) groups is 1. The van der Waals surface area contributed by atoms with Crippen LogP contribution in [0.25, 0.3) is 0 Å². The van der Waals surface area contributed by atoms with E-state index in [1.807, 2.05) is 26.0 Å². The fourth-order valence-electron chi connectivity index (χ4n) is 5.44. The Balaban J connectivity index is 1.85. The molecule has 6 heteroatoms. The first-order chi connectivity index (χ1) is 16.2. The monoisotopic (exact) mass is 577 g/mol. The first-order valence-corrected chi connectivity index (χ1v) is 14.1. The van der Waals surface area contributed by atoms with Crippen LogP contribution in [0.3, 0.4) is 0 Å². The van der Waals surface area contributed by atoms with Crippen molar-refractivity contribution in [3.8, 4) is 0 Å². The molecular formula is C28H40IN3O2. The van der Waals surface area contributed by atoms with Crippen molar-refractivity contribution >= 4 is 34.2 Å². The summed E-state index contributed by atoms with van der Waals surface area (Å²) in [4.78, 5) is 31.1. The standard InChI is InChI=1S/C28H40IN3O2/c1-7-32(23-10-8-22(9-11-23)17(2)3)26-14-21(15-29)13-24(20(26)6)27(33)30-16-25-18(4)12-19(5)31-28(25)34/h12-14,17,22-23H,7-11,15-16H2,1-6H3,(H,30,33)(H,31,34). The molecule has 0 spiro atoms. The van der Waals surface area contributed by atoms with Gasteiger partial charge in [0.25, 0.3) is 11.5 Å². The topological polar surface area (TPSA) is 65.2 Å². The van der Waals surface area contributed by atoms with Gasteiger partial charge in [-0.15, -0.1) is 0 Å². The average Bonchev–Trinajstić information content (AvgIpc) is 2.80. The molecule has 0 atom stereocenters. The minimum absolute atomic E-state index is 0.121. The van der Waals surface area contributed by atoms with Gasteiger partial charge in [0, 0.05) is 46.1 Å². The zero-order valence-corrected chi connectivity index (χ0v) is 23.7. The smallest absolute Gasteiger partial charge is 0.253 e. The number of anilines is 1. The summed E-state index contributed by atoms with van der Waals surface area (Å²) in [5.74, 6) is 1.45. The van der Waals surface area contributed by atoms with E-state index in [0.717, 1.165) is 45.2 Å². The number of pyridine rings is 1. The zero-order chi connectivity index (χ0) is 25.0. The van der Waals surface area contributed by atoms with Crippen molar-refractivity contribution in [3.63, 3.8) is 0 Å². The Morgan fingerprint density at radius 1 is 1.15 bits per heavy atom. The van der Waals surface area contributed by atoms with Crippen molar-refractivity contribution in [1.29, 1.82) is 0 Å². The number of hydrogen-bond acceptors (Lipinski definition) is 3. The summed E-state index contributed by atoms with van der Waals surface area (Å²) in [6.45, 7) is 13.9. The normalized spacial score (nSPS) is 18.2. The number of halogens is 1. The number of nitrogens with one attached hydrogen (secondary N) is 2. The largest absolute Gasteiger partial charge is 0.369 e. The molecule has 1 aliphatic carbocycles. The van der Waals surface area contributed by atoms with Gasteiger partial charge in [0.05, 0.1) is 0 Å². The van der Waals surface area contributed by atoms with Crippen LogP contribution in [-0.2, 0) is 11.0 Å². The number of benzene rings is 1. The highest BCUT2D eigenvalue weighted by molar-refractivity contribution is 14.1. The number of aromatic nitrogens is 1. The molecule has 1 fully saturated rings. The lowest BCUT2D eigenvalue weighted by molar-refractivity contribution is 0.0950. The number of aryl methyl sites for hydroxylation is 2. The van der Waals surface area contributed by atoms with E-state index in [1.165, 1.54) is 31.4 Å². The van der Waals surface area contributed by atoms with Gasteiger partial charge >= 0.3 is 0 Å². The summed E-state index contributed by atoms with van der Waals surface area (Å²) in [6, 6.07) is 6.74. The van der Waals surface area contributed by atoms with E-state index in [1.54, 1.807) is 0 Å². The van der Waals surface area contributed by atoms with Crippen LogP contribution in [0.4, 0.5) is 5.69 Å². The van der Waals surface area contributed by atoms with Crippen LogP contribution >= 0.6 is 22.6 Å². The molecule has 1 heterocycles. The number of H-pyrrole nitrogens is 1. The Bertz CT molecular complexity index is 1070. The van der Waals surface area contributed by atoms with Crippen LogP contribution in [0.15, 0.2) is 23.0 Å². The van der Waals surface area contributed by atoms with E-state index in [2.05, 4.69) is 71.6 Å². The maximum absolute atomic E-state index is 13.3. The summed E-state index contributed by atoms with van der Waals surface area (Å²) in [5.41, 5.74) is 6.27. The summed E-state index contributed by atoms with van der Waals surface area (Å²) >= 11 is 2.37. The molecule has 2 N–H and O–H groups in total. The first-order valence-electron chi connectivity index (χ1n) is 12.6. The lowest BCUT2D eigenvalue weighted by atomic mass is 9.79. The van der Waals surface area contributed by atoms with E-state index in [9.17, 15) is 9.59 Å². The quantitative estimate of drug-likeness (QED) is 0.290. The number of aromatic amines is 1. The fraction of sp³-hybridized carbons (Fsp3) is 0.571. The van der Waals surface area contributed by atoms with Gasteiger partial charge in [0.2, 0.25) is 0 Å². The second kappa shape index (κ2) is 11.7. The van der Waals surface area contributed by atoms with Crippen molar-refractivity contribution in [3.05, 3.63) is 62.1 Å². The number of nitrogens with zero attached hydrogens (tertiary/aromatic N) is 1. The van der Waals surface area contributed by atoms with E-state index in [0.29, 0.717) is 17.2 Å². The maximum Gasteiger partial charge on any atom is 0.253 e. The van der Waals surface area contributed by atoms with Crippen molar-refractivity contribution in [2.24, 2.45) is 11.8 Å². The predicted molar refractivity (Wildman–Crippen MR) is 150 cm³/mol. The van der Waals surface area contributed by atoms with E-state index in [4.69, 9.17) is 0 Å². The average molecular weight is 578 g/mol. The van der Waals surface area contributed by atoms with E-state index < -0.39 is 0 Å². The van der Waals surface area contributed by atoms with Gasteiger partial charge in [-0.25, -0.2) is 0 Å². The minimum Gasteiger partial charge on any atom is -0.369 e. The lowest BCUT2D eigenvalue weighted by Gasteiger charge is -2.40. The number of carbonyl (C=O) groups excluding carboxylic acids is 1. The second-order valence-electron chi connectivity index (χ2n) is 10.1. The third-order valence-electron chi connectivity index (χ3n) is 7.53. The van der Waals surface area contributed by atoms with E-state index in [-0.39, 0.29) is 18.0 Å². The Kier molecular flexibility index (Phi) is 9.24. The van der Waals surface area contributed by atoms with Gasteiger partial charge < -0.3 is 15.2 Å². The third kappa shape index (κ3) is 6.04. The van der Waals surface area contributed by atoms with Gasteiger partial charge in [-0.05, 0) is 100 Å². The summed E-state index contributed by atoms with van der Waals surface area (Å²) < 4.78 is 0.847. The lowest BCUT2D eigenvalue weighted by Crippen LogP contribution is -2.39. The molecule has 1 amide bonds. The molecule has 2 aromatic rings. The first kappa shape index (κ1) is 26.8. The number of amides is 1. The Morgan fingerprint density at radius 3 is 2.38 bits per heavy atom. The molecule has 5 nitrogen and oxygen atoms in total. The molecule has 186 valence electrons. The molecule has 1 aromatic heterocycles. The number of alkyl halides is 1. The van der Waals surface area contributed by atoms with Crippen molar-refractivity contribution in [2.75, 3.05) is 11.4 Å². The van der Waals surface area contributed by atoms with Crippen molar-refractivity contribution in [2.45, 2.75) is 84.2 Å². The molecule has 0 bridgehead atoms. The number of rotatable bonds is 8. The molecule has 1 aliphatic rings. The van der Waals surface area contributed by atoms with Crippen LogP contribution < -0.4 is 15.8 Å². The summed E-state index contributed by atoms with van der Waals surface area (Å²) in [7, 11) is 0. The molecule has 0 saturated heterocycles. The van der Waals surface area contributed by atoms with Crippen LogP contribution in [0.2, 0.25) is 0 Å². The van der Waals surface area contributed by atoms with Gasteiger partial charge in [-0.1, -0.05) is 36.4 Å². The maximum atomic E-state index is 13.3. The summed E-state index contributed by atoms with van der Waals surface area (Å²) in [5, 5.41) is 3.01. The molecular weight excluding hydrogens is 537 g/mol. The van der Waals surface area contributed by atoms with Gasteiger partial charge in [-0.3, -0.25) is 9.59 Å². The Morgan fingerprint density at radius 2 is 1.82 bits per heavy atom. The molecule has 0 unspecified atom stereocenters. The van der Waals surface area contributed by atoms with Crippen LogP contribution in [0.5, 0.6) is 0 Å². The third-order valence-corrected chi connectivity index (χ3v) is 8.41. The Labute approximate surface area is 218 Å². The molecule has 0 aliphatic heterocycles. The van der Waals surface area contributed by atoms with Crippen LogP contribution in [-0.4, -0.2) is 23.5 Å². The van der Waals surface area contributed by atoms with Crippen LogP contribution in [0.1, 0.15) is 84.8 Å². The molecule has 34 heavy (non-hydrogen) atoms. The highest BCUT2D eigenvalue weighted by atomic mass is 127. The fourth-order valence-corrected chi connectivity index (χ4v) is 5.88. The van der Waals surface area contributed by atoms with Gasteiger partial charge in [0.1, 0.15) is 0 Å². The Hall–Kier alpha value is -1.83. The van der Waals surface area contributed by atoms with Crippen molar-refractivity contribution < 1.29 is 4.79 Å². The number of hydrogen-bond donors (Lipinski definition) is 2. The molecule has 1 saturated carbocycles. The molecule has 0 radical (unpaired) electrons. The van der Waals surface area contributed by atoms with Crippen molar-refractivity contribution in [1.82, 2.24) is 10.3 Å². The summed E-state index contributed by atoms with van der Waals surface area (Å²) in [6.07, 6.45) is 4.98. The highest BCUT2D eigenvalue weighted by Crippen LogP contribution is 2.36. The zero-order valence-electron chi connectivity index (χ0n) is 21.6. The molecule has 1 aromatic carbocycles.